The topological polar surface area (TPSA) is 55.6 Å². The maximum Gasteiger partial charge on any atom is 0.126 e. The Bertz CT molecular complexity index is 598. The molecule has 0 aromatic carbocycles. The van der Waals surface area contributed by atoms with Gasteiger partial charge in [0.25, 0.3) is 0 Å². The Morgan fingerprint density at radius 3 is 3.00 bits per heavy atom. The first kappa shape index (κ1) is 14.2. The van der Waals surface area contributed by atoms with Crippen LogP contribution in [0.2, 0.25) is 0 Å². The fourth-order valence-corrected chi connectivity index (χ4v) is 2.95. The van der Waals surface area contributed by atoms with E-state index in [0.29, 0.717) is 6.04 Å². The maximum absolute atomic E-state index is 4.64. The number of nitrogens with one attached hydrogen (secondary N) is 1. The van der Waals surface area contributed by atoms with Crippen molar-refractivity contribution in [3.05, 3.63) is 29.8 Å². The minimum absolute atomic E-state index is 0.363. The number of nitrogens with zero attached hydrogens (tertiary/aromatic N) is 4. The summed E-state index contributed by atoms with van der Waals surface area (Å²) < 4.78 is 2.03. The molecule has 1 saturated heterocycles. The molecule has 1 aliphatic heterocycles. The molecule has 5 nitrogen and oxygen atoms in total. The van der Waals surface area contributed by atoms with Gasteiger partial charge in [0.15, 0.2) is 0 Å². The Labute approximate surface area is 125 Å². The molecule has 0 amide bonds. The molecule has 3 rings (SSSR count). The molecular weight excluding hydrogens is 262 g/mol. The summed E-state index contributed by atoms with van der Waals surface area (Å²) in [7, 11) is 0. The van der Waals surface area contributed by atoms with E-state index < -0.39 is 0 Å². The summed E-state index contributed by atoms with van der Waals surface area (Å²) in [5.41, 5.74) is 3.18. The lowest BCUT2D eigenvalue weighted by atomic mass is 10.0. The van der Waals surface area contributed by atoms with Crippen molar-refractivity contribution in [2.45, 2.75) is 52.1 Å². The van der Waals surface area contributed by atoms with E-state index in [1.54, 1.807) is 0 Å². The van der Waals surface area contributed by atoms with Gasteiger partial charge in [0.05, 0.1) is 17.1 Å². The van der Waals surface area contributed by atoms with Gasteiger partial charge in [-0.25, -0.2) is 9.97 Å². The van der Waals surface area contributed by atoms with E-state index in [-0.39, 0.29) is 0 Å². The predicted octanol–water partition coefficient (Wildman–Crippen LogP) is 2.87. The Kier molecular flexibility index (Phi) is 4.29. The number of piperidine rings is 1. The maximum atomic E-state index is 4.64. The van der Waals surface area contributed by atoms with Gasteiger partial charge in [0.2, 0.25) is 0 Å². The van der Waals surface area contributed by atoms with Crippen molar-refractivity contribution < 1.29 is 0 Å². The van der Waals surface area contributed by atoms with E-state index in [9.17, 15) is 0 Å². The molecular formula is C16H23N5. The van der Waals surface area contributed by atoms with Crippen LogP contribution in [0.1, 0.15) is 50.2 Å². The minimum Gasteiger partial charge on any atom is -0.309 e. The van der Waals surface area contributed by atoms with Gasteiger partial charge in [0.1, 0.15) is 5.82 Å². The van der Waals surface area contributed by atoms with Crippen LogP contribution in [0.5, 0.6) is 0 Å². The van der Waals surface area contributed by atoms with Crippen molar-refractivity contribution in [3.8, 4) is 11.4 Å². The van der Waals surface area contributed by atoms with Crippen LogP contribution in [0.4, 0.5) is 0 Å². The van der Waals surface area contributed by atoms with E-state index in [4.69, 9.17) is 0 Å². The van der Waals surface area contributed by atoms with Crippen molar-refractivity contribution in [2.75, 3.05) is 6.54 Å². The molecule has 0 radical (unpaired) electrons. The number of aromatic nitrogens is 4. The van der Waals surface area contributed by atoms with Crippen molar-refractivity contribution in [3.63, 3.8) is 0 Å². The van der Waals surface area contributed by atoms with Crippen molar-refractivity contribution in [2.24, 2.45) is 0 Å². The molecule has 2 aromatic rings. The largest absolute Gasteiger partial charge is 0.309 e. The molecule has 0 bridgehead atoms. The van der Waals surface area contributed by atoms with Gasteiger partial charge >= 0.3 is 0 Å². The molecule has 1 atom stereocenters. The normalized spacial score (nSPS) is 18.9. The van der Waals surface area contributed by atoms with Crippen molar-refractivity contribution in [1.82, 2.24) is 25.1 Å². The first-order valence-corrected chi connectivity index (χ1v) is 7.89. The standard InChI is InChI=1S/C16H23N5/c1-3-10-21-16(7-9-18-21)15-11-14(19-12(2)20-15)13-6-4-5-8-17-13/h7,9,11,13,17H,3-6,8,10H2,1-2H3/t13-/m0/s1. The first-order chi connectivity index (χ1) is 10.3. The van der Waals surface area contributed by atoms with E-state index in [1.807, 2.05) is 23.9 Å². The third-order valence-electron chi connectivity index (χ3n) is 3.94. The third kappa shape index (κ3) is 3.13. The number of hydrogen-bond acceptors (Lipinski definition) is 4. The lowest BCUT2D eigenvalue weighted by Crippen LogP contribution is -2.27. The second-order valence-electron chi connectivity index (χ2n) is 5.67. The SMILES string of the molecule is CCCn1nccc1-c1cc([C@@H]2CCCCN2)nc(C)n1. The van der Waals surface area contributed by atoms with Crippen LogP contribution in [0, 0.1) is 6.92 Å². The first-order valence-electron chi connectivity index (χ1n) is 7.89. The van der Waals surface area contributed by atoms with Crippen LogP contribution < -0.4 is 5.32 Å². The van der Waals surface area contributed by atoms with E-state index >= 15 is 0 Å². The quantitative estimate of drug-likeness (QED) is 0.938. The molecule has 5 heteroatoms. The summed E-state index contributed by atoms with van der Waals surface area (Å²) in [6.45, 7) is 6.13. The summed E-state index contributed by atoms with van der Waals surface area (Å²) in [6.07, 6.45) is 6.60. The molecule has 112 valence electrons. The van der Waals surface area contributed by atoms with E-state index in [2.05, 4.69) is 33.4 Å². The van der Waals surface area contributed by atoms with E-state index in [0.717, 1.165) is 48.8 Å². The summed E-state index contributed by atoms with van der Waals surface area (Å²) in [4.78, 5) is 9.25. The highest BCUT2D eigenvalue weighted by Crippen LogP contribution is 2.25. The highest BCUT2D eigenvalue weighted by atomic mass is 15.3. The Balaban J connectivity index is 1.95. The van der Waals surface area contributed by atoms with Gasteiger partial charge in [-0.15, -0.1) is 0 Å². The molecule has 21 heavy (non-hydrogen) atoms. The highest BCUT2D eigenvalue weighted by molar-refractivity contribution is 5.54. The molecule has 1 N–H and O–H groups in total. The van der Waals surface area contributed by atoms with Crippen LogP contribution >= 0.6 is 0 Å². The zero-order valence-corrected chi connectivity index (χ0v) is 12.8. The van der Waals surface area contributed by atoms with Gasteiger partial charge in [-0.2, -0.15) is 5.10 Å². The molecule has 2 aromatic heterocycles. The molecule has 0 unspecified atom stereocenters. The second kappa shape index (κ2) is 6.35. The van der Waals surface area contributed by atoms with Crippen LogP contribution in [0.25, 0.3) is 11.4 Å². The van der Waals surface area contributed by atoms with Crippen LogP contribution in [0.15, 0.2) is 18.3 Å². The zero-order chi connectivity index (χ0) is 14.7. The lowest BCUT2D eigenvalue weighted by Gasteiger charge is -2.23. The second-order valence-corrected chi connectivity index (χ2v) is 5.67. The summed E-state index contributed by atoms with van der Waals surface area (Å²) >= 11 is 0. The number of rotatable bonds is 4. The van der Waals surface area contributed by atoms with Gasteiger partial charge in [-0.1, -0.05) is 13.3 Å². The lowest BCUT2D eigenvalue weighted by molar-refractivity contribution is 0.404. The van der Waals surface area contributed by atoms with E-state index in [1.165, 1.54) is 12.8 Å². The van der Waals surface area contributed by atoms with Crippen LogP contribution in [-0.2, 0) is 6.54 Å². The van der Waals surface area contributed by atoms with Gasteiger partial charge < -0.3 is 5.32 Å². The summed E-state index contributed by atoms with van der Waals surface area (Å²) in [6, 6.07) is 4.52. The van der Waals surface area contributed by atoms with Gasteiger partial charge in [-0.3, -0.25) is 4.68 Å². The van der Waals surface area contributed by atoms with Gasteiger partial charge in [-0.05, 0) is 44.9 Å². The molecule has 3 heterocycles. The fourth-order valence-electron chi connectivity index (χ4n) is 2.95. The predicted molar refractivity (Wildman–Crippen MR) is 82.9 cm³/mol. The van der Waals surface area contributed by atoms with Gasteiger partial charge in [0, 0.05) is 18.8 Å². The number of aryl methyl sites for hydroxylation is 2. The summed E-state index contributed by atoms with van der Waals surface area (Å²) in [5.74, 6) is 0.833. The summed E-state index contributed by atoms with van der Waals surface area (Å²) in [5, 5.41) is 7.96. The zero-order valence-electron chi connectivity index (χ0n) is 12.8. The van der Waals surface area contributed by atoms with Crippen molar-refractivity contribution >= 4 is 0 Å². The van der Waals surface area contributed by atoms with Crippen molar-refractivity contribution in [1.29, 1.82) is 0 Å². The Morgan fingerprint density at radius 1 is 1.33 bits per heavy atom. The molecule has 0 aliphatic carbocycles. The third-order valence-corrected chi connectivity index (χ3v) is 3.94. The van der Waals surface area contributed by atoms with Crippen LogP contribution in [-0.4, -0.2) is 26.3 Å². The fraction of sp³-hybridized carbons (Fsp3) is 0.562. The molecule has 1 aliphatic rings. The molecule has 0 spiro atoms. The Morgan fingerprint density at radius 2 is 2.24 bits per heavy atom. The highest BCUT2D eigenvalue weighted by Gasteiger charge is 2.18. The molecule has 1 fully saturated rings. The van der Waals surface area contributed by atoms with Crippen LogP contribution in [0.3, 0.4) is 0 Å². The molecule has 0 saturated carbocycles. The smallest absolute Gasteiger partial charge is 0.126 e. The average molecular weight is 285 g/mol. The monoisotopic (exact) mass is 285 g/mol. The minimum atomic E-state index is 0.363. The average Bonchev–Trinajstić information content (AvgIpc) is 2.96. The Hall–Kier alpha value is -1.75. The number of hydrogen-bond donors (Lipinski definition) is 1.